The van der Waals surface area contributed by atoms with E-state index in [1.54, 1.807) is 18.4 Å². The van der Waals surface area contributed by atoms with Gasteiger partial charge >= 0.3 is 0 Å². The van der Waals surface area contributed by atoms with Gasteiger partial charge in [-0.2, -0.15) is 9.29 Å². The number of benzene rings is 1. The van der Waals surface area contributed by atoms with E-state index < -0.39 is 10.0 Å². The highest BCUT2D eigenvalue weighted by molar-refractivity contribution is 7.89. The molecule has 0 N–H and O–H groups in total. The molecule has 0 spiro atoms. The molecule has 0 saturated carbocycles. The van der Waals surface area contributed by atoms with Gasteiger partial charge in [0.05, 0.1) is 27.7 Å². The van der Waals surface area contributed by atoms with Gasteiger partial charge in [-0.25, -0.2) is 8.42 Å². The molecule has 0 amide bonds. The first kappa shape index (κ1) is 19.4. The van der Waals surface area contributed by atoms with Crippen LogP contribution in [-0.2, 0) is 16.6 Å². The molecule has 11 heteroatoms. The van der Waals surface area contributed by atoms with Crippen molar-refractivity contribution in [3.63, 3.8) is 0 Å². The molecule has 2 aromatic heterocycles. The lowest BCUT2D eigenvalue weighted by Crippen LogP contribution is -2.48. The van der Waals surface area contributed by atoms with Gasteiger partial charge in [0.15, 0.2) is 5.76 Å². The zero-order valence-corrected chi connectivity index (χ0v) is 16.9. The Kier molecular flexibility index (Phi) is 5.44. The summed E-state index contributed by atoms with van der Waals surface area (Å²) in [4.78, 5) is 6.50. The van der Waals surface area contributed by atoms with Gasteiger partial charge in [0.2, 0.25) is 21.7 Å². The number of nitrogens with zero attached hydrogens (tertiary/aromatic N) is 4. The summed E-state index contributed by atoms with van der Waals surface area (Å²) in [6.45, 7) is 2.22. The quantitative estimate of drug-likeness (QED) is 0.598. The number of rotatable bonds is 5. The summed E-state index contributed by atoms with van der Waals surface area (Å²) in [5.41, 5.74) is 0. The Labute approximate surface area is 171 Å². The third-order valence-corrected chi connectivity index (χ3v) is 7.06. The number of sulfonamides is 1. The van der Waals surface area contributed by atoms with Crippen LogP contribution < -0.4 is 0 Å². The number of halogens is 2. The SMILES string of the molecule is O=S(=O)(c1ccc(Cl)c(Cl)c1)N1CCN(Cc2nc(-c3ccco3)no2)CC1. The zero-order valence-electron chi connectivity index (χ0n) is 14.6. The first-order valence-electron chi connectivity index (χ1n) is 8.47. The monoisotopic (exact) mass is 442 g/mol. The molecule has 148 valence electrons. The van der Waals surface area contributed by atoms with Crippen molar-refractivity contribution in [2.75, 3.05) is 26.2 Å². The van der Waals surface area contributed by atoms with Gasteiger partial charge in [-0.15, -0.1) is 0 Å². The van der Waals surface area contributed by atoms with E-state index in [1.807, 2.05) is 0 Å². The Morgan fingerprint density at radius 3 is 2.54 bits per heavy atom. The maximum absolute atomic E-state index is 12.8. The second-order valence-corrected chi connectivity index (χ2v) is 9.00. The van der Waals surface area contributed by atoms with Crippen molar-refractivity contribution in [3.8, 4) is 11.6 Å². The van der Waals surface area contributed by atoms with E-state index in [0.717, 1.165) is 0 Å². The summed E-state index contributed by atoms with van der Waals surface area (Å²) >= 11 is 11.8. The molecular formula is C17H16Cl2N4O4S. The van der Waals surface area contributed by atoms with Gasteiger partial charge in [-0.3, -0.25) is 4.90 Å². The van der Waals surface area contributed by atoms with Crippen LogP contribution in [0.5, 0.6) is 0 Å². The average molecular weight is 443 g/mol. The maximum Gasteiger partial charge on any atom is 0.243 e. The summed E-state index contributed by atoms with van der Waals surface area (Å²) < 4.78 is 37.5. The highest BCUT2D eigenvalue weighted by Crippen LogP contribution is 2.27. The molecule has 3 aromatic rings. The van der Waals surface area contributed by atoms with E-state index in [9.17, 15) is 8.42 Å². The molecule has 0 aliphatic carbocycles. The van der Waals surface area contributed by atoms with E-state index in [-0.39, 0.29) is 9.92 Å². The van der Waals surface area contributed by atoms with Gasteiger partial charge in [-0.1, -0.05) is 28.4 Å². The van der Waals surface area contributed by atoms with Crippen LogP contribution in [0.1, 0.15) is 5.89 Å². The largest absolute Gasteiger partial charge is 0.461 e. The highest BCUT2D eigenvalue weighted by Gasteiger charge is 2.29. The van der Waals surface area contributed by atoms with E-state index in [1.165, 1.54) is 22.5 Å². The van der Waals surface area contributed by atoms with Gasteiger partial charge in [0.1, 0.15) is 0 Å². The van der Waals surface area contributed by atoms with E-state index >= 15 is 0 Å². The lowest BCUT2D eigenvalue weighted by atomic mass is 10.3. The summed E-state index contributed by atoms with van der Waals surface area (Å²) in [7, 11) is -3.62. The predicted octanol–water partition coefficient (Wildman–Crippen LogP) is 3.14. The summed E-state index contributed by atoms with van der Waals surface area (Å²) in [6.07, 6.45) is 1.54. The number of hydrogen-bond acceptors (Lipinski definition) is 7. The van der Waals surface area contributed by atoms with E-state index in [0.29, 0.717) is 55.2 Å². The van der Waals surface area contributed by atoms with Crippen molar-refractivity contribution < 1.29 is 17.4 Å². The summed E-state index contributed by atoms with van der Waals surface area (Å²) in [5.74, 6) is 1.38. The van der Waals surface area contributed by atoms with Gasteiger partial charge < -0.3 is 8.94 Å². The fourth-order valence-corrected chi connectivity index (χ4v) is 4.74. The fraction of sp³-hybridized carbons (Fsp3) is 0.294. The topological polar surface area (TPSA) is 92.7 Å². The Hall–Kier alpha value is -1.91. The predicted molar refractivity (Wildman–Crippen MR) is 102 cm³/mol. The average Bonchev–Trinajstić information content (AvgIpc) is 3.36. The number of aromatic nitrogens is 2. The van der Waals surface area contributed by atoms with Crippen LogP contribution in [0.2, 0.25) is 10.0 Å². The van der Waals surface area contributed by atoms with Crippen molar-refractivity contribution >= 4 is 33.2 Å². The molecule has 1 fully saturated rings. The molecule has 28 heavy (non-hydrogen) atoms. The molecule has 1 aromatic carbocycles. The Morgan fingerprint density at radius 2 is 1.86 bits per heavy atom. The van der Waals surface area contributed by atoms with Crippen LogP contribution in [0.15, 0.2) is 50.4 Å². The van der Waals surface area contributed by atoms with Crippen molar-refractivity contribution in [3.05, 3.63) is 52.5 Å². The standard InChI is InChI=1S/C17H16Cl2N4O4S/c18-13-4-3-12(10-14(13)19)28(24,25)23-7-5-22(6-8-23)11-16-20-17(21-27-16)15-2-1-9-26-15/h1-4,9-10H,5-8,11H2. The highest BCUT2D eigenvalue weighted by atomic mass is 35.5. The van der Waals surface area contributed by atoms with Crippen LogP contribution in [0.3, 0.4) is 0 Å². The van der Waals surface area contributed by atoms with Crippen LogP contribution in [0.25, 0.3) is 11.6 Å². The fourth-order valence-electron chi connectivity index (χ4n) is 2.93. The lowest BCUT2D eigenvalue weighted by molar-refractivity contribution is 0.163. The van der Waals surface area contributed by atoms with Crippen molar-refractivity contribution in [2.24, 2.45) is 0 Å². The minimum Gasteiger partial charge on any atom is -0.461 e. The second kappa shape index (κ2) is 7.84. The van der Waals surface area contributed by atoms with E-state index in [2.05, 4.69) is 15.0 Å². The Bertz CT molecular complexity index is 1060. The lowest BCUT2D eigenvalue weighted by Gasteiger charge is -2.33. The minimum atomic E-state index is -3.62. The number of hydrogen-bond donors (Lipinski definition) is 0. The van der Waals surface area contributed by atoms with Crippen molar-refractivity contribution in [2.45, 2.75) is 11.4 Å². The molecule has 8 nitrogen and oxygen atoms in total. The molecule has 0 bridgehead atoms. The molecular weight excluding hydrogens is 427 g/mol. The summed E-state index contributed by atoms with van der Waals surface area (Å²) in [6, 6.07) is 7.82. The summed E-state index contributed by atoms with van der Waals surface area (Å²) in [5, 5.41) is 4.43. The van der Waals surface area contributed by atoms with Crippen molar-refractivity contribution in [1.82, 2.24) is 19.3 Å². The smallest absolute Gasteiger partial charge is 0.243 e. The third kappa shape index (κ3) is 3.94. The molecule has 1 saturated heterocycles. The molecule has 1 aliphatic heterocycles. The Morgan fingerprint density at radius 1 is 1.07 bits per heavy atom. The van der Waals surface area contributed by atoms with Crippen LogP contribution in [0, 0.1) is 0 Å². The number of furan rings is 1. The maximum atomic E-state index is 12.8. The van der Waals surface area contributed by atoms with Gasteiger partial charge in [-0.05, 0) is 30.3 Å². The molecule has 4 rings (SSSR count). The first-order valence-corrected chi connectivity index (χ1v) is 10.7. The van der Waals surface area contributed by atoms with Gasteiger partial charge in [0.25, 0.3) is 0 Å². The molecule has 0 unspecified atom stereocenters. The van der Waals surface area contributed by atoms with Crippen LogP contribution in [0.4, 0.5) is 0 Å². The zero-order chi connectivity index (χ0) is 19.7. The van der Waals surface area contributed by atoms with E-state index in [4.69, 9.17) is 32.1 Å². The van der Waals surface area contributed by atoms with Crippen LogP contribution in [-0.4, -0.2) is 53.9 Å². The molecule has 1 aliphatic rings. The minimum absolute atomic E-state index is 0.135. The molecule has 0 atom stereocenters. The third-order valence-electron chi connectivity index (χ3n) is 4.43. The molecule has 0 radical (unpaired) electrons. The Balaban J connectivity index is 1.38. The van der Waals surface area contributed by atoms with Crippen molar-refractivity contribution in [1.29, 1.82) is 0 Å². The first-order chi connectivity index (χ1) is 13.4. The normalized spacial score (nSPS) is 16.5. The van der Waals surface area contributed by atoms with Gasteiger partial charge in [0, 0.05) is 26.2 Å². The molecule has 3 heterocycles. The second-order valence-electron chi connectivity index (χ2n) is 6.25. The number of piperazine rings is 1. The van der Waals surface area contributed by atoms with Crippen LogP contribution >= 0.6 is 23.2 Å².